The molecule has 0 saturated heterocycles. The highest BCUT2D eigenvalue weighted by molar-refractivity contribution is 6.04. The number of rotatable bonds is 4. The maximum atomic E-state index is 12.8. The Balaban J connectivity index is 1.85. The molecule has 0 radical (unpaired) electrons. The molecule has 0 fully saturated rings. The minimum Gasteiger partial charge on any atom is -0.340 e. The van der Waals surface area contributed by atoms with Gasteiger partial charge in [0.1, 0.15) is 11.7 Å². The molecule has 1 aliphatic rings. The molecule has 1 amide bonds. The van der Waals surface area contributed by atoms with Crippen molar-refractivity contribution in [3.8, 4) is 17.6 Å². The summed E-state index contributed by atoms with van der Waals surface area (Å²) in [4.78, 5) is 38.7. The zero-order valence-electron chi connectivity index (χ0n) is 16.3. The predicted octanol–water partition coefficient (Wildman–Crippen LogP) is 2.09. The van der Waals surface area contributed by atoms with Gasteiger partial charge in [0.05, 0.1) is 6.20 Å². The van der Waals surface area contributed by atoms with Gasteiger partial charge in [-0.3, -0.25) is 9.36 Å². The molecule has 4 heterocycles. The lowest BCUT2D eigenvalue weighted by atomic mass is 10.1. The van der Waals surface area contributed by atoms with Crippen molar-refractivity contribution in [1.29, 1.82) is 0 Å². The van der Waals surface area contributed by atoms with Crippen LogP contribution in [0.3, 0.4) is 0 Å². The second-order valence-corrected chi connectivity index (χ2v) is 6.89. The number of hydrogen-bond acceptors (Lipinski definition) is 7. The molecule has 0 saturated carbocycles. The summed E-state index contributed by atoms with van der Waals surface area (Å²) in [5.41, 5.74) is 0.699. The van der Waals surface area contributed by atoms with Crippen molar-refractivity contribution in [2.24, 2.45) is 0 Å². The quantitative estimate of drug-likeness (QED) is 0.686. The summed E-state index contributed by atoms with van der Waals surface area (Å²) in [5, 5.41) is 0. The van der Waals surface area contributed by atoms with Gasteiger partial charge in [0, 0.05) is 37.9 Å². The minimum atomic E-state index is -0.250. The van der Waals surface area contributed by atoms with Crippen LogP contribution in [0.2, 0.25) is 0 Å². The summed E-state index contributed by atoms with van der Waals surface area (Å²) in [6.07, 6.45) is 9.17. The Morgan fingerprint density at radius 3 is 2.54 bits per heavy atom. The monoisotopic (exact) mass is 378 g/mol. The predicted molar refractivity (Wildman–Crippen MR) is 105 cm³/mol. The molecule has 4 rings (SSSR count). The maximum Gasteiger partial charge on any atom is 0.249 e. The first-order valence-electron chi connectivity index (χ1n) is 9.27. The third-order valence-corrected chi connectivity index (χ3v) is 4.86. The van der Waals surface area contributed by atoms with E-state index in [1.807, 2.05) is 6.92 Å². The average Bonchev–Trinajstić information content (AvgIpc) is 3.20. The fraction of sp³-hybridized carbons (Fsp3) is 0.368. The van der Waals surface area contributed by atoms with Crippen LogP contribution in [0.5, 0.6) is 0 Å². The van der Waals surface area contributed by atoms with Crippen molar-refractivity contribution >= 4 is 17.4 Å². The highest BCUT2D eigenvalue weighted by Crippen LogP contribution is 2.36. The van der Waals surface area contributed by atoms with E-state index in [0.29, 0.717) is 29.7 Å². The summed E-state index contributed by atoms with van der Waals surface area (Å²) >= 11 is 0. The van der Waals surface area contributed by atoms with Gasteiger partial charge < -0.3 is 9.80 Å². The van der Waals surface area contributed by atoms with Gasteiger partial charge in [-0.15, -0.1) is 0 Å². The number of amides is 1. The van der Waals surface area contributed by atoms with Crippen LogP contribution in [0.15, 0.2) is 37.1 Å². The van der Waals surface area contributed by atoms with E-state index < -0.39 is 0 Å². The van der Waals surface area contributed by atoms with Crippen molar-refractivity contribution in [3.05, 3.63) is 37.1 Å². The Bertz CT molecular complexity index is 1000. The SMILES string of the molecule is CC[C@@H]1C(=O)N(C)c2cnc(-n3ccnc3-c3ncccn3)nc2N1C(C)C. The van der Waals surface area contributed by atoms with Crippen molar-refractivity contribution in [3.63, 3.8) is 0 Å². The van der Waals surface area contributed by atoms with Crippen molar-refractivity contribution in [2.45, 2.75) is 39.3 Å². The van der Waals surface area contributed by atoms with E-state index in [1.54, 1.807) is 53.6 Å². The molecule has 0 spiro atoms. The average molecular weight is 378 g/mol. The van der Waals surface area contributed by atoms with E-state index in [2.05, 4.69) is 38.7 Å². The summed E-state index contributed by atoms with van der Waals surface area (Å²) in [5.74, 6) is 2.31. The summed E-state index contributed by atoms with van der Waals surface area (Å²) in [6.45, 7) is 6.14. The van der Waals surface area contributed by atoms with E-state index in [4.69, 9.17) is 4.98 Å². The molecule has 144 valence electrons. The lowest BCUT2D eigenvalue weighted by Crippen LogP contribution is -2.55. The van der Waals surface area contributed by atoms with Crippen molar-refractivity contribution in [1.82, 2.24) is 29.5 Å². The lowest BCUT2D eigenvalue weighted by molar-refractivity contribution is -0.120. The number of fused-ring (bicyclic) bond motifs is 1. The van der Waals surface area contributed by atoms with Gasteiger partial charge in [-0.1, -0.05) is 6.92 Å². The number of carbonyl (C=O) groups excluding carboxylic acids is 1. The maximum absolute atomic E-state index is 12.8. The zero-order valence-corrected chi connectivity index (χ0v) is 16.3. The summed E-state index contributed by atoms with van der Waals surface area (Å²) < 4.78 is 1.76. The zero-order chi connectivity index (χ0) is 19.8. The van der Waals surface area contributed by atoms with Crippen LogP contribution in [-0.4, -0.2) is 54.5 Å². The van der Waals surface area contributed by atoms with E-state index in [0.717, 1.165) is 5.82 Å². The third kappa shape index (κ3) is 2.79. The van der Waals surface area contributed by atoms with Gasteiger partial charge >= 0.3 is 0 Å². The van der Waals surface area contributed by atoms with Crippen LogP contribution in [0.25, 0.3) is 17.6 Å². The van der Waals surface area contributed by atoms with E-state index in [9.17, 15) is 4.79 Å². The first-order chi connectivity index (χ1) is 13.5. The molecule has 3 aromatic heterocycles. The van der Waals surface area contributed by atoms with Gasteiger partial charge in [0.15, 0.2) is 17.5 Å². The molecular weight excluding hydrogens is 356 g/mol. The fourth-order valence-electron chi connectivity index (χ4n) is 3.53. The third-order valence-electron chi connectivity index (χ3n) is 4.86. The molecule has 0 N–H and O–H groups in total. The normalized spacial score (nSPS) is 16.6. The van der Waals surface area contributed by atoms with E-state index in [-0.39, 0.29) is 18.0 Å². The number of hydrogen-bond donors (Lipinski definition) is 0. The molecule has 1 aliphatic heterocycles. The molecule has 0 unspecified atom stereocenters. The standard InChI is InChI=1S/C19H22N8O/c1-5-13-18(28)25(4)14-11-23-19(24-16(14)27(13)12(2)3)26-10-9-22-17(26)15-20-7-6-8-21-15/h6-13H,5H2,1-4H3/t13-/m1/s1. The smallest absolute Gasteiger partial charge is 0.249 e. The lowest BCUT2D eigenvalue weighted by Gasteiger charge is -2.42. The Morgan fingerprint density at radius 2 is 1.86 bits per heavy atom. The Labute approximate surface area is 163 Å². The largest absolute Gasteiger partial charge is 0.340 e. The number of aromatic nitrogens is 6. The topological polar surface area (TPSA) is 92.9 Å². The first kappa shape index (κ1) is 18.0. The Kier molecular flexibility index (Phi) is 4.50. The second kappa shape index (κ2) is 6.99. The number of carbonyl (C=O) groups is 1. The van der Waals surface area contributed by atoms with Crippen LogP contribution < -0.4 is 9.80 Å². The van der Waals surface area contributed by atoms with Gasteiger partial charge in [-0.25, -0.2) is 19.9 Å². The molecule has 28 heavy (non-hydrogen) atoms. The van der Waals surface area contributed by atoms with Crippen LogP contribution in [0.4, 0.5) is 11.5 Å². The molecule has 9 heteroatoms. The molecule has 0 aliphatic carbocycles. The molecule has 1 atom stereocenters. The molecule has 9 nitrogen and oxygen atoms in total. The van der Waals surface area contributed by atoms with Crippen molar-refractivity contribution in [2.75, 3.05) is 16.8 Å². The highest BCUT2D eigenvalue weighted by Gasteiger charge is 2.38. The van der Waals surface area contributed by atoms with E-state index in [1.165, 1.54) is 0 Å². The van der Waals surface area contributed by atoms with Crippen LogP contribution in [-0.2, 0) is 4.79 Å². The van der Waals surface area contributed by atoms with Gasteiger partial charge in [0.25, 0.3) is 0 Å². The molecule has 0 aromatic carbocycles. The van der Waals surface area contributed by atoms with Crippen molar-refractivity contribution < 1.29 is 4.79 Å². The number of imidazole rings is 1. The number of likely N-dealkylation sites (N-methyl/N-ethyl adjacent to an activating group) is 1. The highest BCUT2D eigenvalue weighted by atomic mass is 16.2. The van der Waals surface area contributed by atoms with Gasteiger partial charge in [-0.2, -0.15) is 4.98 Å². The first-order valence-corrected chi connectivity index (χ1v) is 9.27. The van der Waals surface area contributed by atoms with Crippen LogP contribution in [0.1, 0.15) is 27.2 Å². The van der Waals surface area contributed by atoms with Crippen LogP contribution in [0, 0.1) is 0 Å². The van der Waals surface area contributed by atoms with Gasteiger partial charge in [0.2, 0.25) is 11.9 Å². The molecular formula is C19H22N8O. The summed E-state index contributed by atoms with van der Waals surface area (Å²) in [7, 11) is 1.77. The van der Waals surface area contributed by atoms with Crippen LogP contribution >= 0.6 is 0 Å². The Hall–Kier alpha value is -3.36. The van der Waals surface area contributed by atoms with Gasteiger partial charge in [-0.05, 0) is 26.3 Å². The summed E-state index contributed by atoms with van der Waals surface area (Å²) in [6, 6.07) is 1.62. The fourth-order valence-corrected chi connectivity index (χ4v) is 3.53. The minimum absolute atomic E-state index is 0.0565. The van der Waals surface area contributed by atoms with E-state index >= 15 is 0 Å². The second-order valence-electron chi connectivity index (χ2n) is 6.89. The number of anilines is 2. The molecule has 0 bridgehead atoms. The number of nitrogens with zero attached hydrogens (tertiary/aromatic N) is 8. The Morgan fingerprint density at radius 1 is 1.11 bits per heavy atom. The molecule has 3 aromatic rings.